The summed E-state index contributed by atoms with van der Waals surface area (Å²) in [6.45, 7) is 8.41. The van der Waals surface area contributed by atoms with Crippen molar-refractivity contribution in [3.8, 4) is 11.5 Å². The molecule has 3 amide bonds. The highest BCUT2D eigenvalue weighted by Gasteiger charge is 2.41. The van der Waals surface area contributed by atoms with Gasteiger partial charge >= 0.3 is 0 Å². The number of nitrogens with zero attached hydrogens (tertiary/aromatic N) is 1. The fourth-order valence-electron chi connectivity index (χ4n) is 4.00. The van der Waals surface area contributed by atoms with Crippen LogP contribution in [0.2, 0.25) is 0 Å². The molecule has 0 saturated heterocycles. The Bertz CT molecular complexity index is 1060. The molecule has 0 radical (unpaired) electrons. The van der Waals surface area contributed by atoms with Crippen LogP contribution in [0.3, 0.4) is 0 Å². The first-order chi connectivity index (χ1) is 14.8. The monoisotopic (exact) mass is 422 g/mol. The SMILES string of the molecule is Cc1ccc2c(c1)C(=O)N(C(C)C(=O)NC(c1ccc3c(c1)OCCO3)C(C)C)C2=O. The minimum atomic E-state index is -0.939. The molecule has 2 aliphatic heterocycles. The smallest absolute Gasteiger partial charge is 0.262 e. The van der Waals surface area contributed by atoms with Gasteiger partial charge in [-0.1, -0.05) is 31.5 Å². The van der Waals surface area contributed by atoms with Crippen molar-refractivity contribution >= 4 is 17.7 Å². The van der Waals surface area contributed by atoms with E-state index in [1.54, 1.807) is 25.1 Å². The number of ether oxygens (including phenoxy) is 2. The average molecular weight is 422 g/mol. The zero-order valence-electron chi connectivity index (χ0n) is 18.1. The largest absolute Gasteiger partial charge is 0.486 e. The molecule has 0 spiro atoms. The normalized spacial score (nSPS) is 16.9. The Morgan fingerprint density at radius 1 is 0.935 bits per heavy atom. The summed E-state index contributed by atoms with van der Waals surface area (Å²) >= 11 is 0. The van der Waals surface area contributed by atoms with Gasteiger partial charge in [-0.15, -0.1) is 0 Å². The molecule has 1 N–H and O–H groups in total. The van der Waals surface area contributed by atoms with Gasteiger partial charge in [-0.3, -0.25) is 19.3 Å². The van der Waals surface area contributed by atoms with Gasteiger partial charge in [-0.05, 0) is 49.6 Å². The third-order valence-electron chi connectivity index (χ3n) is 5.73. The Morgan fingerprint density at radius 3 is 2.32 bits per heavy atom. The van der Waals surface area contributed by atoms with Crippen molar-refractivity contribution in [2.75, 3.05) is 13.2 Å². The molecule has 7 nitrogen and oxygen atoms in total. The summed E-state index contributed by atoms with van der Waals surface area (Å²) in [4.78, 5) is 39.8. The summed E-state index contributed by atoms with van der Waals surface area (Å²) in [6.07, 6.45) is 0. The van der Waals surface area contributed by atoms with E-state index in [1.165, 1.54) is 0 Å². The number of carbonyl (C=O) groups excluding carboxylic acids is 3. The number of hydrogen-bond acceptors (Lipinski definition) is 5. The number of amides is 3. The third-order valence-corrected chi connectivity index (χ3v) is 5.73. The van der Waals surface area contributed by atoms with E-state index in [4.69, 9.17) is 9.47 Å². The predicted molar refractivity (Wildman–Crippen MR) is 114 cm³/mol. The second-order valence-corrected chi connectivity index (χ2v) is 8.34. The Kier molecular flexibility index (Phi) is 5.43. The first kappa shape index (κ1) is 20.9. The van der Waals surface area contributed by atoms with Gasteiger partial charge in [-0.25, -0.2) is 0 Å². The van der Waals surface area contributed by atoms with Crippen LogP contribution in [0.15, 0.2) is 36.4 Å². The zero-order valence-corrected chi connectivity index (χ0v) is 18.1. The van der Waals surface area contributed by atoms with Crippen molar-refractivity contribution in [3.63, 3.8) is 0 Å². The highest BCUT2D eigenvalue weighted by Crippen LogP contribution is 2.34. The van der Waals surface area contributed by atoms with Crippen molar-refractivity contribution in [1.29, 1.82) is 0 Å². The quantitative estimate of drug-likeness (QED) is 0.748. The van der Waals surface area contributed by atoms with E-state index in [0.717, 1.165) is 16.0 Å². The molecule has 31 heavy (non-hydrogen) atoms. The summed E-state index contributed by atoms with van der Waals surface area (Å²) in [6, 6.07) is 9.46. The van der Waals surface area contributed by atoms with E-state index in [1.807, 2.05) is 39.0 Å². The Hall–Kier alpha value is -3.35. The maximum Gasteiger partial charge on any atom is 0.262 e. The fourth-order valence-corrected chi connectivity index (χ4v) is 4.00. The summed E-state index contributed by atoms with van der Waals surface area (Å²) in [5.74, 6) is 0.129. The molecule has 0 bridgehead atoms. The first-order valence-corrected chi connectivity index (χ1v) is 10.5. The molecule has 162 valence electrons. The zero-order chi connectivity index (χ0) is 22.3. The minimum absolute atomic E-state index is 0.0727. The minimum Gasteiger partial charge on any atom is -0.486 e. The van der Waals surface area contributed by atoms with E-state index < -0.39 is 17.9 Å². The molecular weight excluding hydrogens is 396 g/mol. The third kappa shape index (κ3) is 3.76. The van der Waals surface area contributed by atoms with Gasteiger partial charge in [0.05, 0.1) is 17.2 Å². The highest BCUT2D eigenvalue weighted by molar-refractivity contribution is 6.22. The lowest BCUT2D eigenvalue weighted by atomic mass is 9.95. The number of rotatable bonds is 5. The maximum atomic E-state index is 13.1. The van der Waals surface area contributed by atoms with Crippen LogP contribution in [0.1, 0.15) is 58.7 Å². The van der Waals surface area contributed by atoms with Gasteiger partial charge in [-0.2, -0.15) is 0 Å². The van der Waals surface area contributed by atoms with Crippen molar-refractivity contribution in [1.82, 2.24) is 10.2 Å². The molecule has 0 saturated carbocycles. The molecule has 7 heteroatoms. The van der Waals surface area contributed by atoms with Crippen LogP contribution in [0, 0.1) is 12.8 Å². The molecular formula is C24H26N2O5. The lowest BCUT2D eigenvalue weighted by molar-refractivity contribution is -0.125. The fraction of sp³-hybridized carbons (Fsp3) is 0.375. The Balaban J connectivity index is 1.55. The standard InChI is InChI=1S/C24H26N2O5/c1-13(2)21(16-6-8-19-20(12-16)31-10-9-30-19)25-22(27)15(4)26-23(28)17-7-5-14(3)11-18(17)24(26)29/h5-8,11-13,15,21H,9-10H2,1-4H3,(H,25,27). The highest BCUT2D eigenvalue weighted by atomic mass is 16.6. The second-order valence-electron chi connectivity index (χ2n) is 8.34. The molecule has 2 aromatic rings. The van der Waals surface area contributed by atoms with E-state index in [2.05, 4.69) is 5.32 Å². The average Bonchev–Trinajstić information content (AvgIpc) is 3.00. The van der Waals surface area contributed by atoms with Crippen LogP contribution in [0.5, 0.6) is 11.5 Å². The van der Waals surface area contributed by atoms with Crippen molar-refractivity contribution < 1.29 is 23.9 Å². The van der Waals surface area contributed by atoms with E-state index in [-0.39, 0.29) is 17.9 Å². The molecule has 0 fully saturated rings. The van der Waals surface area contributed by atoms with Gasteiger partial charge in [0.1, 0.15) is 19.3 Å². The van der Waals surface area contributed by atoms with E-state index in [0.29, 0.717) is 35.8 Å². The summed E-state index contributed by atoms with van der Waals surface area (Å²) in [5, 5.41) is 3.01. The van der Waals surface area contributed by atoms with Crippen LogP contribution in [-0.2, 0) is 4.79 Å². The number of nitrogens with one attached hydrogen (secondary N) is 1. The molecule has 2 atom stereocenters. The molecule has 2 aromatic carbocycles. The molecule has 2 aliphatic rings. The van der Waals surface area contributed by atoms with Gasteiger partial charge in [0.2, 0.25) is 5.91 Å². The summed E-state index contributed by atoms with van der Waals surface area (Å²) in [7, 11) is 0. The van der Waals surface area contributed by atoms with Gasteiger partial charge in [0.25, 0.3) is 11.8 Å². The summed E-state index contributed by atoms with van der Waals surface area (Å²) in [5.41, 5.74) is 2.44. The van der Waals surface area contributed by atoms with Crippen LogP contribution in [0.4, 0.5) is 0 Å². The predicted octanol–water partition coefficient (Wildman–Crippen LogP) is 3.26. The van der Waals surface area contributed by atoms with Gasteiger partial charge in [0.15, 0.2) is 11.5 Å². The summed E-state index contributed by atoms with van der Waals surface area (Å²) < 4.78 is 11.2. The van der Waals surface area contributed by atoms with Crippen LogP contribution in [-0.4, -0.2) is 41.9 Å². The first-order valence-electron chi connectivity index (χ1n) is 10.5. The lowest BCUT2D eigenvalue weighted by Gasteiger charge is -2.28. The number of hydrogen-bond donors (Lipinski definition) is 1. The molecule has 0 aliphatic carbocycles. The number of benzene rings is 2. The molecule has 4 rings (SSSR count). The van der Waals surface area contributed by atoms with Gasteiger partial charge in [0, 0.05) is 0 Å². The molecule has 2 heterocycles. The molecule has 2 unspecified atom stereocenters. The number of fused-ring (bicyclic) bond motifs is 2. The van der Waals surface area contributed by atoms with Crippen molar-refractivity contribution in [3.05, 3.63) is 58.7 Å². The maximum absolute atomic E-state index is 13.1. The van der Waals surface area contributed by atoms with Gasteiger partial charge < -0.3 is 14.8 Å². The number of carbonyl (C=O) groups is 3. The van der Waals surface area contributed by atoms with Crippen LogP contribution >= 0.6 is 0 Å². The van der Waals surface area contributed by atoms with E-state index >= 15 is 0 Å². The van der Waals surface area contributed by atoms with Crippen molar-refractivity contribution in [2.45, 2.75) is 39.8 Å². The Morgan fingerprint density at radius 2 is 1.61 bits per heavy atom. The molecule has 0 aromatic heterocycles. The van der Waals surface area contributed by atoms with E-state index in [9.17, 15) is 14.4 Å². The second kappa shape index (κ2) is 8.06. The number of aryl methyl sites for hydroxylation is 1. The lowest BCUT2D eigenvalue weighted by Crippen LogP contribution is -2.49. The van der Waals surface area contributed by atoms with Crippen LogP contribution < -0.4 is 14.8 Å². The van der Waals surface area contributed by atoms with Crippen molar-refractivity contribution in [2.24, 2.45) is 5.92 Å². The topological polar surface area (TPSA) is 84.9 Å². The Labute approximate surface area is 181 Å². The van der Waals surface area contributed by atoms with Crippen LogP contribution in [0.25, 0.3) is 0 Å². The number of imide groups is 1.